The normalized spacial score (nSPS) is 15.0. The number of amides is 3. The lowest BCUT2D eigenvalue weighted by Gasteiger charge is -2.10. The number of hydrogen-bond donors (Lipinski definition) is 2. The molecule has 0 atom stereocenters. The molecule has 1 fully saturated rings. The fourth-order valence-corrected chi connectivity index (χ4v) is 3.25. The molecular weight excluding hydrogens is 439 g/mol. The van der Waals surface area contributed by atoms with Crippen LogP contribution in [0.15, 0.2) is 51.8 Å². The average Bonchev–Trinajstić information content (AvgIpc) is 2.93. The Balaban J connectivity index is 1.70. The number of ether oxygens (including phenoxy) is 1. The number of imide groups is 1. The van der Waals surface area contributed by atoms with Gasteiger partial charge in [-0.2, -0.15) is 0 Å². The summed E-state index contributed by atoms with van der Waals surface area (Å²) < 4.78 is 19.2. The highest BCUT2D eigenvalue weighted by Gasteiger charge is 2.25. The molecule has 2 N–H and O–H groups in total. The van der Waals surface area contributed by atoms with Crippen LogP contribution >= 0.6 is 27.7 Å². The summed E-state index contributed by atoms with van der Waals surface area (Å²) in [6, 6.07) is 10.4. The highest BCUT2D eigenvalue weighted by atomic mass is 79.9. The van der Waals surface area contributed by atoms with Crippen molar-refractivity contribution in [1.82, 2.24) is 5.32 Å². The van der Waals surface area contributed by atoms with E-state index in [0.29, 0.717) is 17.0 Å². The van der Waals surface area contributed by atoms with Gasteiger partial charge in [-0.05, 0) is 60.3 Å². The second-order valence-corrected chi connectivity index (χ2v) is 7.31. The summed E-state index contributed by atoms with van der Waals surface area (Å²) >= 11 is 4.12. The van der Waals surface area contributed by atoms with Crippen LogP contribution in [0, 0.1) is 5.82 Å². The first-order chi connectivity index (χ1) is 12.9. The Morgan fingerprint density at radius 1 is 1.22 bits per heavy atom. The zero-order valence-corrected chi connectivity index (χ0v) is 16.0. The Morgan fingerprint density at radius 3 is 2.63 bits per heavy atom. The third kappa shape index (κ3) is 5.18. The number of anilines is 1. The number of carbonyl (C=O) groups excluding carboxylic acids is 3. The van der Waals surface area contributed by atoms with Crippen molar-refractivity contribution in [2.45, 2.75) is 0 Å². The Hall–Kier alpha value is -2.65. The minimum atomic E-state index is -0.482. The molecule has 1 aliphatic rings. The molecule has 138 valence electrons. The van der Waals surface area contributed by atoms with Crippen molar-refractivity contribution in [2.24, 2.45) is 0 Å². The zero-order chi connectivity index (χ0) is 19.4. The Kier molecular flexibility index (Phi) is 5.92. The predicted octanol–water partition coefficient (Wildman–Crippen LogP) is 3.93. The summed E-state index contributed by atoms with van der Waals surface area (Å²) in [6.45, 7) is -0.284. The van der Waals surface area contributed by atoms with Gasteiger partial charge in [-0.15, -0.1) is 0 Å². The molecule has 0 bridgehead atoms. The Labute approximate surface area is 166 Å². The lowest BCUT2D eigenvalue weighted by Crippen LogP contribution is -2.20. The number of benzene rings is 2. The molecule has 1 saturated heterocycles. The molecule has 0 aromatic heterocycles. The maximum atomic E-state index is 12.9. The minimum Gasteiger partial charge on any atom is -0.483 e. The molecule has 0 saturated carbocycles. The molecule has 3 rings (SSSR count). The third-order valence-corrected chi connectivity index (χ3v) is 4.69. The fourth-order valence-electron chi connectivity index (χ4n) is 2.20. The standard InChI is InChI=1S/C18H12BrFN2O4S/c19-11-1-6-14(10(7-11)8-15-17(24)22-18(25)27-15)26-9-16(23)21-13-4-2-12(20)3-5-13/h1-8H,9H2,(H,21,23)(H,22,24,25)/b15-8-. The van der Waals surface area contributed by atoms with Crippen molar-refractivity contribution >= 4 is 56.5 Å². The zero-order valence-electron chi connectivity index (χ0n) is 13.6. The molecular formula is C18H12BrFN2O4S. The van der Waals surface area contributed by atoms with Crippen LogP contribution in [-0.4, -0.2) is 23.7 Å². The largest absolute Gasteiger partial charge is 0.483 e. The molecule has 2 aromatic rings. The van der Waals surface area contributed by atoms with E-state index in [2.05, 4.69) is 26.6 Å². The lowest BCUT2D eigenvalue weighted by molar-refractivity contribution is -0.118. The van der Waals surface area contributed by atoms with Gasteiger partial charge in [0.25, 0.3) is 17.1 Å². The molecule has 27 heavy (non-hydrogen) atoms. The quantitative estimate of drug-likeness (QED) is 0.674. The van der Waals surface area contributed by atoms with Gasteiger partial charge in [0, 0.05) is 15.7 Å². The molecule has 0 radical (unpaired) electrons. The maximum absolute atomic E-state index is 12.9. The van der Waals surface area contributed by atoms with Gasteiger partial charge in [0.05, 0.1) is 4.91 Å². The number of hydrogen-bond acceptors (Lipinski definition) is 5. The van der Waals surface area contributed by atoms with Crippen molar-refractivity contribution in [3.8, 4) is 5.75 Å². The summed E-state index contributed by atoms with van der Waals surface area (Å²) in [4.78, 5) is 35.3. The van der Waals surface area contributed by atoms with Crippen LogP contribution in [0.25, 0.3) is 6.08 Å². The van der Waals surface area contributed by atoms with Gasteiger partial charge in [0.2, 0.25) is 0 Å². The second kappa shape index (κ2) is 8.36. The van der Waals surface area contributed by atoms with Crippen LogP contribution in [0.1, 0.15) is 5.56 Å². The predicted molar refractivity (Wildman–Crippen MR) is 104 cm³/mol. The maximum Gasteiger partial charge on any atom is 0.290 e. The van der Waals surface area contributed by atoms with E-state index in [4.69, 9.17) is 4.74 Å². The van der Waals surface area contributed by atoms with Gasteiger partial charge in [-0.1, -0.05) is 15.9 Å². The first kappa shape index (κ1) is 19.1. The van der Waals surface area contributed by atoms with Crippen molar-refractivity contribution in [1.29, 1.82) is 0 Å². The minimum absolute atomic E-state index is 0.235. The molecule has 6 nitrogen and oxygen atoms in total. The van der Waals surface area contributed by atoms with E-state index in [1.54, 1.807) is 18.2 Å². The molecule has 0 unspecified atom stereocenters. The van der Waals surface area contributed by atoms with Crippen molar-refractivity contribution in [3.05, 3.63) is 63.2 Å². The van der Waals surface area contributed by atoms with Gasteiger partial charge in [-0.25, -0.2) is 4.39 Å². The number of nitrogens with one attached hydrogen (secondary N) is 2. The Bertz CT molecular complexity index is 947. The molecule has 2 aromatic carbocycles. The summed E-state index contributed by atoms with van der Waals surface area (Å²) in [5.74, 6) is -0.937. The van der Waals surface area contributed by atoms with Crippen LogP contribution in [0.5, 0.6) is 5.75 Å². The Morgan fingerprint density at radius 2 is 1.96 bits per heavy atom. The van der Waals surface area contributed by atoms with Crippen LogP contribution < -0.4 is 15.4 Å². The van der Waals surface area contributed by atoms with E-state index in [-0.39, 0.29) is 11.5 Å². The van der Waals surface area contributed by atoms with Gasteiger partial charge in [0.15, 0.2) is 6.61 Å². The van der Waals surface area contributed by atoms with Gasteiger partial charge in [0.1, 0.15) is 11.6 Å². The van der Waals surface area contributed by atoms with Crippen LogP contribution in [0.3, 0.4) is 0 Å². The highest BCUT2D eigenvalue weighted by Crippen LogP contribution is 2.31. The summed E-state index contributed by atoms with van der Waals surface area (Å²) in [5.41, 5.74) is 0.979. The first-order valence-corrected chi connectivity index (χ1v) is 9.24. The number of rotatable bonds is 5. The van der Waals surface area contributed by atoms with E-state index < -0.39 is 22.9 Å². The van der Waals surface area contributed by atoms with Gasteiger partial charge < -0.3 is 10.1 Å². The third-order valence-electron chi connectivity index (χ3n) is 3.39. The van der Waals surface area contributed by atoms with E-state index in [1.807, 2.05) is 0 Å². The summed E-state index contributed by atoms with van der Waals surface area (Å²) in [5, 5.41) is 4.32. The lowest BCUT2D eigenvalue weighted by atomic mass is 10.2. The molecule has 1 heterocycles. The molecule has 9 heteroatoms. The SMILES string of the molecule is O=C(COc1ccc(Br)cc1/C=C1\SC(=O)NC1=O)Nc1ccc(F)cc1. The molecule has 1 aliphatic heterocycles. The molecule has 0 spiro atoms. The van der Waals surface area contributed by atoms with Crippen molar-refractivity contribution < 1.29 is 23.5 Å². The second-order valence-electron chi connectivity index (χ2n) is 5.38. The van der Waals surface area contributed by atoms with Crippen molar-refractivity contribution in [3.63, 3.8) is 0 Å². The van der Waals surface area contributed by atoms with E-state index >= 15 is 0 Å². The van der Waals surface area contributed by atoms with E-state index in [0.717, 1.165) is 16.2 Å². The smallest absolute Gasteiger partial charge is 0.290 e. The number of thioether (sulfide) groups is 1. The van der Waals surface area contributed by atoms with E-state index in [9.17, 15) is 18.8 Å². The summed E-state index contributed by atoms with van der Waals surface area (Å²) in [6.07, 6.45) is 1.52. The van der Waals surface area contributed by atoms with Gasteiger partial charge in [-0.3, -0.25) is 19.7 Å². The average molecular weight is 451 g/mol. The van der Waals surface area contributed by atoms with Crippen LogP contribution in [0.4, 0.5) is 14.9 Å². The number of halogens is 2. The first-order valence-electron chi connectivity index (χ1n) is 7.63. The van der Waals surface area contributed by atoms with Gasteiger partial charge >= 0.3 is 0 Å². The highest BCUT2D eigenvalue weighted by molar-refractivity contribution is 9.10. The molecule has 3 amide bonds. The van der Waals surface area contributed by atoms with Crippen LogP contribution in [0.2, 0.25) is 0 Å². The van der Waals surface area contributed by atoms with Crippen molar-refractivity contribution in [2.75, 3.05) is 11.9 Å². The number of carbonyl (C=O) groups is 3. The monoisotopic (exact) mass is 450 g/mol. The summed E-state index contributed by atoms with van der Waals surface area (Å²) in [7, 11) is 0. The fraction of sp³-hybridized carbons (Fsp3) is 0.0556. The topological polar surface area (TPSA) is 84.5 Å². The van der Waals surface area contributed by atoms with E-state index in [1.165, 1.54) is 30.3 Å². The molecule has 0 aliphatic carbocycles. The van der Waals surface area contributed by atoms with Crippen LogP contribution in [-0.2, 0) is 9.59 Å².